The van der Waals surface area contributed by atoms with E-state index in [1.165, 1.54) is 86.9 Å². The van der Waals surface area contributed by atoms with Gasteiger partial charge in [0.2, 0.25) is 0 Å². The summed E-state index contributed by atoms with van der Waals surface area (Å²) in [5, 5.41) is 2.63. The molecule has 10 aromatic rings. The van der Waals surface area contributed by atoms with Crippen molar-refractivity contribution in [3.8, 4) is 55.6 Å². The number of rotatable bonds is 7. The molecule has 1 aromatic heterocycles. The molecule has 59 heavy (non-hydrogen) atoms. The first-order valence-electron chi connectivity index (χ1n) is 20.4. The Bertz CT molecular complexity index is 3190. The van der Waals surface area contributed by atoms with Crippen LogP contribution in [-0.4, -0.2) is 0 Å². The van der Waals surface area contributed by atoms with Crippen molar-refractivity contribution in [3.63, 3.8) is 0 Å². The van der Waals surface area contributed by atoms with E-state index in [1.54, 1.807) is 0 Å². The van der Waals surface area contributed by atoms with Crippen LogP contribution in [-0.2, 0) is 5.41 Å². The number of hydrogen-bond acceptors (Lipinski definition) is 2. The van der Waals surface area contributed by atoms with Crippen LogP contribution >= 0.6 is 11.3 Å². The van der Waals surface area contributed by atoms with Crippen LogP contribution in [0.2, 0.25) is 0 Å². The van der Waals surface area contributed by atoms with E-state index >= 15 is 0 Å². The Morgan fingerprint density at radius 3 is 1.69 bits per heavy atom. The van der Waals surface area contributed by atoms with Crippen molar-refractivity contribution in [2.75, 3.05) is 4.90 Å². The maximum atomic E-state index is 2.46. The molecule has 1 heterocycles. The molecule has 0 bridgehead atoms. The fourth-order valence-corrected chi connectivity index (χ4v) is 10.5. The molecule has 0 saturated carbocycles. The Morgan fingerprint density at radius 2 is 0.915 bits per heavy atom. The van der Waals surface area contributed by atoms with E-state index in [-0.39, 0.29) is 5.41 Å². The highest BCUT2D eigenvalue weighted by molar-refractivity contribution is 7.25. The van der Waals surface area contributed by atoms with Gasteiger partial charge in [-0.25, -0.2) is 0 Å². The maximum absolute atomic E-state index is 2.46. The fourth-order valence-electron chi connectivity index (χ4n) is 9.38. The summed E-state index contributed by atoms with van der Waals surface area (Å²) in [7, 11) is 0. The molecule has 0 saturated heterocycles. The lowest BCUT2D eigenvalue weighted by atomic mass is 9.82. The van der Waals surface area contributed by atoms with Gasteiger partial charge in [0.15, 0.2) is 0 Å². The summed E-state index contributed by atoms with van der Waals surface area (Å²) in [6, 6.07) is 78.2. The quantitative estimate of drug-likeness (QED) is 0.156. The van der Waals surface area contributed by atoms with Crippen LogP contribution in [0.1, 0.15) is 25.0 Å². The Kier molecular flexibility index (Phi) is 8.43. The molecule has 1 aliphatic rings. The zero-order valence-electron chi connectivity index (χ0n) is 33.1. The van der Waals surface area contributed by atoms with E-state index in [9.17, 15) is 0 Å². The van der Waals surface area contributed by atoms with E-state index in [0.29, 0.717) is 0 Å². The second-order valence-corrected chi connectivity index (χ2v) is 17.2. The molecule has 2 heteroatoms. The summed E-state index contributed by atoms with van der Waals surface area (Å²) in [5.74, 6) is 0. The van der Waals surface area contributed by atoms with Crippen molar-refractivity contribution in [2.45, 2.75) is 19.3 Å². The van der Waals surface area contributed by atoms with Gasteiger partial charge in [-0.1, -0.05) is 178 Å². The van der Waals surface area contributed by atoms with Crippen LogP contribution in [0.4, 0.5) is 17.1 Å². The molecule has 280 valence electrons. The molecular formula is C57H41NS. The van der Waals surface area contributed by atoms with Gasteiger partial charge < -0.3 is 4.90 Å². The summed E-state index contributed by atoms with van der Waals surface area (Å²) < 4.78 is 2.63. The predicted octanol–water partition coefficient (Wildman–Crippen LogP) is 16.5. The number of hydrogen-bond donors (Lipinski definition) is 0. The molecule has 0 amide bonds. The molecule has 0 radical (unpaired) electrons. The monoisotopic (exact) mass is 771 g/mol. The Morgan fingerprint density at radius 1 is 0.356 bits per heavy atom. The van der Waals surface area contributed by atoms with Crippen LogP contribution < -0.4 is 4.90 Å². The molecule has 9 aromatic carbocycles. The van der Waals surface area contributed by atoms with Crippen LogP contribution in [0.25, 0.3) is 75.8 Å². The third-order valence-electron chi connectivity index (χ3n) is 12.3. The minimum Gasteiger partial charge on any atom is -0.310 e. The molecule has 0 spiro atoms. The standard InChI is InChI=1S/C57H41NS/c1-57(2)51-27-11-9-24-47(51)50-36-43(31-33-52(50)57)46-26-15-28-53(56(46)39-18-7-4-8-19-39)58(44-22-13-20-40(34-44)38-16-5-3-6-17-38)45-23-14-21-41(35-45)42-30-32-49-48-25-10-12-29-54(48)59-55(49)37-42/h3-37H,1-2H3. The topological polar surface area (TPSA) is 3.24 Å². The molecule has 1 aliphatic carbocycles. The van der Waals surface area contributed by atoms with E-state index in [0.717, 1.165) is 17.1 Å². The van der Waals surface area contributed by atoms with Crippen LogP contribution in [0.3, 0.4) is 0 Å². The van der Waals surface area contributed by atoms with Crippen LogP contribution in [0, 0.1) is 0 Å². The minimum atomic E-state index is -0.0539. The molecular weight excluding hydrogens is 731 g/mol. The average Bonchev–Trinajstić information content (AvgIpc) is 3.78. The normalized spacial score (nSPS) is 12.7. The van der Waals surface area contributed by atoms with Crippen molar-refractivity contribution in [1.82, 2.24) is 0 Å². The van der Waals surface area contributed by atoms with Gasteiger partial charge in [-0.15, -0.1) is 11.3 Å². The maximum Gasteiger partial charge on any atom is 0.0546 e. The highest BCUT2D eigenvalue weighted by atomic mass is 32.1. The fraction of sp³-hybridized carbons (Fsp3) is 0.0526. The van der Waals surface area contributed by atoms with Crippen LogP contribution in [0.15, 0.2) is 212 Å². The largest absolute Gasteiger partial charge is 0.310 e. The van der Waals surface area contributed by atoms with Gasteiger partial charge in [-0.3, -0.25) is 0 Å². The van der Waals surface area contributed by atoms with Gasteiger partial charge in [0, 0.05) is 42.5 Å². The number of benzene rings is 9. The smallest absolute Gasteiger partial charge is 0.0546 e. The summed E-state index contributed by atoms with van der Waals surface area (Å²) in [6.07, 6.45) is 0. The SMILES string of the molecule is CC1(C)c2ccccc2-c2cc(-c3cccc(N(c4cccc(-c5ccccc5)c4)c4cccc(-c5ccc6c(c5)sc5ccccc56)c4)c3-c3ccccc3)ccc21. The van der Waals surface area contributed by atoms with Crippen molar-refractivity contribution in [2.24, 2.45) is 0 Å². The minimum absolute atomic E-state index is 0.0539. The van der Waals surface area contributed by atoms with Gasteiger partial charge in [-0.2, -0.15) is 0 Å². The van der Waals surface area contributed by atoms with E-state index in [2.05, 4.69) is 231 Å². The average molecular weight is 772 g/mol. The first-order valence-corrected chi connectivity index (χ1v) is 21.2. The molecule has 0 atom stereocenters. The van der Waals surface area contributed by atoms with Gasteiger partial charge in [-0.05, 0) is 110 Å². The van der Waals surface area contributed by atoms with Crippen LogP contribution in [0.5, 0.6) is 0 Å². The highest BCUT2D eigenvalue weighted by Gasteiger charge is 2.35. The van der Waals surface area contributed by atoms with Gasteiger partial charge >= 0.3 is 0 Å². The summed E-state index contributed by atoms with van der Waals surface area (Å²) in [5.41, 5.74) is 18.2. The lowest BCUT2D eigenvalue weighted by Gasteiger charge is -2.30. The molecule has 0 aliphatic heterocycles. The van der Waals surface area contributed by atoms with Crippen molar-refractivity contribution >= 4 is 48.6 Å². The van der Waals surface area contributed by atoms with Crippen molar-refractivity contribution < 1.29 is 0 Å². The van der Waals surface area contributed by atoms with E-state index in [4.69, 9.17) is 0 Å². The van der Waals surface area contributed by atoms with Gasteiger partial charge in [0.05, 0.1) is 5.69 Å². The third-order valence-corrected chi connectivity index (χ3v) is 13.4. The van der Waals surface area contributed by atoms with E-state index in [1.807, 2.05) is 11.3 Å². The molecule has 11 rings (SSSR count). The van der Waals surface area contributed by atoms with Gasteiger partial charge in [0.25, 0.3) is 0 Å². The zero-order chi connectivity index (χ0) is 39.5. The lowest BCUT2D eigenvalue weighted by molar-refractivity contribution is 0.660. The predicted molar refractivity (Wildman–Crippen MR) is 253 cm³/mol. The summed E-state index contributed by atoms with van der Waals surface area (Å²) in [4.78, 5) is 2.46. The molecule has 0 fully saturated rings. The summed E-state index contributed by atoms with van der Waals surface area (Å²) >= 11 is 1.87. The molecule has 1 nitrogen and oxygen atoms in total. The highest BCUT2D eigenvalue weighted by Crippen LogP contribution is 2.52. The number of anilines is 3. The molecule has 0 unspecified atom stereocenters. The Labute approximate surface area is 350 Å². The number of fused-ring (bicyclic) bond motifs is 6. The second-order valence-electron chi connectivity index (χ2n) is 16.1. The summed E-state index contributed by atoms with van der Waals surface area (Å²) in [6.45, 7) is 4.70. The van der Waals surface area contributed by atoms with E-state index < -0.39 is 0 Å². The first-order chi connectivity index (χ1) is 29.0. The van der Waals surface area contributed by atoms with Crippen molar-refractivity contribution in [3.05, 3.63) is 223 Å². The van der Waals surface area contributed by atoms with Crippen molar-refractivity contribution in [1.29, 1.82) is 0 Å². The third kappa shape index (κ3) is 5.99. The first kappa shape index (κ1) is 35.2. The Hall–Kier alpha value is -7.00. The lowest BCUT2D eigenvalue weighted by Crippen LogP contribution is -2.14. The number of nitrogens with zero attached hydrogens (tertiary/aromatic N) is 1. The Balaban J connectivity index is 1.13. The molecule has 0 N–H and O–H groups in total. The zero-order valence-corrected chi connectivity index (χ0v) is 33.9. The second kappa shape index (κ2) is 14.1. The number of thiophene rings is 1. The van der Waals surface area contributed by atoms with Gasteiger partial charge in [0.1, 0.15) is 0 Å².